The zero-order chi connectivity index (χ0) is 11.5. The Morgan fingerprint density at radius 1 is 1.62 bits per heavy atom. The Hall–Kier alpha value is -1.36. The smallest absolute Gasteiger partial charge is 0.308 e. The van der Waals surface area contributed by atoms with Crippen molar-refractivity contribution < 1.29 is 14.7 Å². The lowest BCUT2D eigenvalue weighted by atomic mass is 9.97. The molecule has 1 aliphatic rings. The maximum absolute atomic E-state index is 11.6. The van der Waals surface area contributed by atoms with Crippen LogP contribution in [0.1, 0.15) is 18.4 Å². The minimum atomic E-state index is -0.803. The van der Waals surface area contributed by atoms with Gasteiger partial charge in [-0.25, -0.2) is 0 Å². The van der Waals surface area contributed by atoms with E-state index >= 15 is 0 Å². The highest BCUT2D eigenvalue weighted by molar-refractivity contribution is 7.07. The fourth-order valence-electron chi connectivity index (χ4n) is 1.87. The first-order chi connectivity index (χ1) is 7.66. The van der Waals surface area contributed by atoms with Crippen molar-refractivity contribution in [3.05, 3.63) is 22.4 Å². The second-order valence-corrected chi connectivity index (χ2v) is 4.76. The molecule has 0 aromatic carbocycles. The summed E-state index contributed by atoms with van der Waals surface area (Å²) in [4.78, 5) is 24.1. The highest BCUT2D eigenvalue weighted by Crippen LogP contribution is 2.20. The van der Waals surface area contributed by atoms with Gasteiger partial charge in [-0.05, 0) is 28.8 Å². The number of carboxylic acids is 1. The molecule has 0 radical (unpaired) electrons. The van der Waals surface area contributed by atoms with Crippen LogP contribution >= 0.6 is 11.3 Å². The Balaban J connectivity index is 2.01. The zero-order valence-corrected chi connectivity index (χ0v) is 9.57. The number of nitrogens with zero attached hydrogens (tertiary/aromatic N) is 1. The average Bonchev–Trinajstić information content (AvgIpc) is 2.73. The van der Waals surface area contributed by atoms with Crippen LogP contribution in [0.4, 0.5) is 0 Å². The van der Waals surface area contributed by atoms with Crippen molar-refractivity contribution in [3.63, 3.8) is 0 Å². The van der Waals surface area contributed by atoms with E-state index in [1.54, 1.807) is 16.2 Å². The van der Waals surface area contributed by atoms with E-state index in [0.717, 1.165) is 5.56 Å². The Morgan fingerprint density at radius 3 is 3.06 bits per heavy atom. The monoisotopic (exact) mass is 239 g/mol. The Kier molecular flexibility index (Phi) is 3.24. The van der Waals surface area contributed by atoms with E-state index in [1.807, 2.05) is 16.8 Å². The fourth-order valence-corrected chi connectivity index (χ4v) is 2.53. The van der Waals surface area contributed by atoms with Crippen molar-refractivity contribution in [2.75, 3.05) is 6.54 Å². The third kappa shape index (κ3) is 2.41. The second kappa shape index (κ2) is 4.65. The van der Waals surface area contributed by atoms with Crippen LogP contribution in [0.3, 0.4) is 0 Å². The molecule has 2 rings (SSSR count). The van der Waals surface area contributed by atoms with Gasteiger partial charge in [0.2, 0.25) is 5.91 Å². The number of hydrogen-bond acceptors (Lipinski definition) is 3. The first-order valence-electron chi connectivity index (χ1n) is 5.18. The molecule has 1 aromatic heterocycles. The summed E-state index contributed by atoms with van der Waals surface area (Å²) >= 11 is 1.58. The van der Waals surface area contributed by atoms with E-state index in [9.17, 15) is 9.59 Å². The van der Waals surface area contributed by atoms with Crippen LogP contribution < -0.4 is 0 Å². The van der Waals surface area contributed by atoms with Gasteiger partial charge >= 0.3 is 5.97 Å². The van der Waals surface area contributed by atoms with Gasteiger partial charge in [-0.15, -0.1) is 0 Å². The van der Waals surface area contributed by atoms with Crippen molar-refractivity contribution in [1.82, 2.24) is 4.90 Å². The van der Waals surface area contributed by atoms with Gasteiger partial charge in [0.25, 0.3) is 0 Å². The van der Waals surface area contributed by atoms with Crippen molar-refractivity contribution >= 4 is 23.2 Å². The van der Waals surface area contributed by atoms with Crippen LogP contribution in [0.2, 0.25) is 0 Å². The van der Waals surface area contributed by atoms with E-state index in [0.29, 0.717) is 25.9 Å². The van der Waals surface area contributed by atoms with E-state index in [2.05, 4.69) is 0 Å². The number of likely N-dealkylation sites (tertiary alicyclic amines) is 1. The standard InChI is InChI=1S/C11H13NO3S/c13-10-2-1-9(11(14)15)6-12(10)5-8-3-4-16-7-8/h3-4,7,9H,1-2,5-6H2,(H,14,15). The molecule has 1 aromatic rings. The molecule has 0 bridgehead atoms. The van der Waals surface area contributed by atoms with Crippen molar-refractivity contribution in [2.45, 2.75) is 19.4 Å². The molecule has 2 heterocycles. The first-order valence-corrected chi connectivity index (χ1v) is 6.13. The SMILES string of the molecule is O=C(O)C1CCC(=O)N(Cc2ccsc2)C1. The third-order valence-corrected chi connectivity index (χ3v) is 3.53. The van der Waals surface area contributed by atoms with Crippen LogP contribution in [0, 0.1) is 5.92 Å². The highest BCUT2D eigenvalue weighted by Gasteiger charge is 2.29. The summed E-state index contributed by atoms with van der Waals surface area (Å²) < 4.78 is 0. The van der Waals surface area contributed by atoms with Gasteiger partial charge in [0.05, 0.1) is 5.92 Å². The summed E-state index contributed by atoms with van der Waals surface area (Å²) in [6.07, 6.45) is 0.815. The lowest BCUT2D eigenvalue weighted by Gasteiger charge is -2.30. The predicted octanol–water partition coefficient (Wildman–Crippen LogP) is 1.57. The van der Waals surface area contributed by atoms with E-state index < -0.39 is 11.9 Å². The summed E-state index contributed by atoms with van der Waals surface area (Å²) in [5.41, 5.74) is 1.07. The highest BCUT2D eigenvalue weighted by atomic mass is 32.1. The minimum Gasteiger partial charge on any atom is -0.481 e. The van der Waals surface area contributed by atoms with Crippen LogP contribution in [0.5, 0.6) is 0 Å². The molecule has 0 spiro atoms. The minimum absolute atomic E-state index is 0.0590. The fraction of sp³-hybridized carbons (Fsp3) is 0.455. The number of thiophene rings is 1. The number of rotatable bonds is 3. The predicted molar refractivity (Wildman–Crippen MR) is 60.1 cm³/mol. The first kappa shape index (κ1) is 11.1. The van der Waals surface area contributed by atoms with Gasteiger partial charge in [-0.3, -0.25) is 9.59 Å². The maximum atomic E-state index is 11.6. The van der Waals surface area contributed by atoms with E-state index in [4.69, 9.17) is 5.11 Å². The Morgan fingerprint density at radius 2 is 2.44 bits per heavy atom. The molecule has 1 saturated heterocycles. The molecule has 1 aliphatic heterocycles. The number of piperidine rings is 1. The van der Waals surface area contributed by atoms with Gasteiger partial charge in [-0.2, -0.15) is 11.3 Å². The normalized spacial score (nSPS) is 21.1. The number of aliphatic carboxylic acids is 1. The van der Waals surface area contributed by atoms with Crippen LogP contribution in [-0.2, 0) is 16.1 Å². The number of carbonyl (C=O) groups is 2. The number of hydrogen-bond donors (Lipinski definition) is 1. The van der Waals surface area contributed by atoms with Crippen LogP contribution in [0.15, 0.2) is 16.8 Å². The molecule has 1 fully saturated rings. The molecule has 1 N–H and O–H groups in total. The van der Waals surface area contributed by atoms with Crippen molar-refractivity contribution in [1.29, 1.82) is 0 Å². The lowest BCUT2D eigenvalue weighted by Crippen LogP contribution is -2.41. The summed E-state index contributed by atoms with van der Waals surface area (Å²) in [7, 11) is 0. The van der Waals surface area contributed by atoms with Gasteiger partial charge in [0.1, 0.15) is 0 Å². The third-order valence-electron chi connectivity index (χ3n) is 2.80. The summed E-state index contributed by atoms with van der Waals surface area (Å²) in [6, 6.07) is 1.96. The quantitative estimate of drug-likeness (QED) is 0.871. The van der Waals surface area contributed by atoms with Gasteiger partial charge in [0, 0.05) is 19.5 Å². The maximum Gasteiger partial charge on any atom is 0.308 e. The van der Waals surface area contributed by atoms with Gasteiger partial charge < -0.3 is 10.0 Å². The summed E-state index contributed by atoms with van der Waals surface area (Å²) in [6.45, 7) is 0.871. The average molecular weight is 239 g/mol. The van der Waals surface area contributed by atoms with Crippen LogP contribution in [-0.4, -0.2) is 28.4 Å². The molecular formula is C11H13NO3S. The molecule has 4 nitrogen and oxygen atoms in total. The van der Waals surface area contributed by atoms with Crippen molar-refractivity contribution in [3.8, 4) is 0 Å². The number of amides is 1. The van der Waals surface area contributed by atoms with Crippen LogP contribution in [0.25, 0.3) is 0 Å². The lowest BCUT2D eigenvalue weighted by molar-refractivity contribution is -0.147. The number of carboxylic acid groups (broad SMARTS) is 1. The molecule has 86 valence electrons. The van der Waals surface area contributed by atoms with E-state index in [-0.39, 0.29) is 5.91 Å². The molecule has 0 aliphatic carbocycles. The molecule has 16 heavy (non-hydrogen) atoms. The second-order valence-electron chi connectivity index (χ2n) is 3.98. The van der Waals surface area contributed by atoms with Gasteiger partial charge in [-0.1, -0.05) is 0 Å². The molecule has 1 amide bonds. The largest absolute Gasteiger partial charge is 0.481 e. The van der Waals surface area contributed by atoms with Gasteiger partial charge in [0.15, 0.2) is 0 Å². The molecule has 1 atom stereocenters. The zero-order valence-electron chi connectivity index (χ0n) is 8.76. The van der Waals surface area contributed by atoms with E-state index in [1.165, 1.54) is 0 Å². The summed E-state index contributed by atoms with van der Waals surface area (Å²) in [5, 5.41) is 12.9. The Bertz CT molecular complexity index is 388. The molecule has 0 saturated carbocycles. The molecule has 5 heteroatoms. The molecular weight excluding hydrogens is 226 g/mol. The Labute approximate surface area is 97.5 Å². The molecule has 1 unspecified atom stereocenters. The van der Waals surface area contributed by atoms with Crippen molar-refractivity contribution in [2.24, 2.45) is 5.92 Å². The topological polar surface area (TPSA) is 57.6 Å². The summed E-state index contributed by atoms with van der Waals surface area (Å²) in [5.74, 6) is -1.15. The number of carbonyl (C=O) groups excluding carboxylic acids is 1.